The molecule has 1 aromatic carbocycles. The summed E-state index contributed by atoms with van der Waals surface area (Å²) in [6.07, 6.45) is 0.939. The maximum absolute atomic E-state index is 5.71. The predicted molar refractivity (Wildman–Crippen MR) is 82.0 cm³/mol. The van der Waals surface area contributed by atoms with Gasteiger partial charge in [-0.1, -0.05) is 13.8 Å². The summed E-state index contributed by atoms with van der Waals surface area (Å²) in [5.74, 6) is 7.27. The first-order chi connectivity index (χ1) is 9.68. The molecular formula is C15H27N3O2. The highest BCUT2D eigenvalue weighted by molar-refractivity contribution is 5.39. The number of methoxy groups -OCH3 is 2. The highest BCUT2D eigenvalue weighted by atomic mass is 16.5. The Morgan fingerprint density at radius 3 is 2.05 bits per heavy atom. The van der Waals surface area contributed by atoms with E-state index in [1.165, 1.54) is 0 Å². The number of nitrogens with one attached hydrogen (secondary N) is 1. The minimum absolute atomic E-state index is 0.0830. The number of nitrogens with zero attached hydrogens (tertiary/aromatic N) is 1. The van der Waals surface area contributed by atoms with Crippen molar-refractivity contribution >= 4 is 0 Å². The summed E-state index contributed by atoms with van der Waals surface area (Å²) in [5, 5.41) is 0. The van der Waals surface area contributed by atoms with Gasteiger partial charge in [0.25, 0.3) is 0 Å². The summed E-state index contributed by atoms with van der Waals surface area (Å²) in [7, 11) is 3.30. The second-order valence-electron chi connectivity index (χ2n) is 4.68. The van der Waals surface area contributed by atoms with Crippen molar-refractivity contribution in [3.63, 3.8) is 0 Å². The van der Waals surface area contributed by atoms with Crippen molar-refractivity contribution in [2.75, 3.05) is 33.9 Å². The zero-order valence-corrected chi connectivity index (χ0v) is 13.0. The first-order valence-corrected chi connectivity index (χ1v) is 7.09. The highest BCUT2D eigenvalue weighted by Crippen LogP contribution is 2.27. The number of nitrogens with two attached hydrogens (primary N) is 1. The van der Waals surface area contributed by atoms with Gasteiger partial charge in [-0.2, -0.15) is 0 Å². The molecule has 1 aromatic rings. The van der Waals surface area contributed by atoms with E-state index in [0.29, 0.717) is 0 Å². The molecule has 0 aliphatic heterocycles. The summed E-state index contributed by atoms with van der Waals surface area (Å²) in [6.45, 7) is 7.44. The average molecular weight is 281 g/mol. The molecular weight excluding hydrogens is 254 g/mol. The maximum Gasteiger partial charge on any atom is 0.122 e. The van der Waals surface area contributed by atoms with Crippen LogP contribution in [-0.4, -0.2) is 38.8 Å². The van der Waals surface area contributed by atoms with Crippen LogP contribution in [-0.2, 0) is 0 Å². The minimum atomic E-state index is 0.0830. The molecule has 1 unspecified atom stereocenters. The smallest absolute Gasteiger partial charge is 0.122 e. The van der Waals surface area contributed by atoms with E-state index in [0.717, 1.165) is 43.1 Å². The lowest BCUT2D eigenvalue weighted by molar-refractivity contribution is 0.282. The number of rotatable bonds is 9. The Balaban J connectivity index is 2.82. The fourth-order valence-electron chi connectivity index (χ4n) is 2.23. The van der Waals surface area contributed by atoms with Gasteiger partial charge in [0.15, 0.2) is 0 Å². The molecule has 5 heteroatoms. The summed E-state index contributed by atoms with van der Waals surface area (Å²) < 4.78 is 10.6. The van der Waals surface area contributed by atoms with E-state index < -0.39 is 0 Å². The fourth-order valence-corrected chi connectivity index (χ4v) is 2.23. The Kier molecular flexibility index (Phi) is 7.36. The van der Waals surface area contributed by atoms with Crippen LogP contribution in [0.2, 0.25) is 0 Å². The monoisotopic (exact) mass is 281 g/mol. The van der Waals surface area contributed by atoms with Gasteiger partial charge in [0, 0.05) is 12.1 Å². The minimum Gasteiger partial charge on any atom is -0.497 e. The van der Waals surface area contributed by atoms with E-state index in [2.05, 4.69) is 24.2 Å². The van der Waals surface area contributed by atoms with Crippen molar-refractivity contribution in [1.82, 2.24) is 10.3 Å². The second-order valence-corrected chi connectivity index (χ2v) is 4.68. The molecule has 0 aromatic heterocycles. The predicted octanol–water partition coefficient (Wildman–Crippen LogP) is 1.94. The zero-order chi connectivity index (χ0) is 15.0. The van der Waals surface area contributed by atoms with Crippen molar-refractivity contribution < 1.29 is 9.47 Å². The first kappa shape index (κ1) is 16.8. The maximum atomic E-state index is 5.71. The van der Waals surface area contributed by atoms with E-state index in [4.69, 9.17) is 15.3 Å². The van der Waals surface area contributed by atoms with Gasteiger partial charge in [-0.15, -0.1) is 0 Å². The van der Waals surface area contributed by atoms with E-state index in [1.807, 2.05) is 18.2 Å². The third kappa shape index (κ3) is 4.67. The Bertz CT molecular complexity index is 372. The molecule has 0 aliphatic rings. The number of benzene rings is 1. The van der Waals surface area contributed by atoms with Gasteiger partial charge in [0.1, 0.15) is 11.5 Å². The average Bonchev–Trinajstić information content (AvgIpc) is 2.51. The number of hydrazine groups is 1. The van der Waals surface area contributed by atoms with Crippen LogP contribution in [0.1, 0.15) is 31.9 Å². The van der Waals surface area contributed by atoms with Crippen LogP contribution in [0.15, 0.2) is 18.2 Å². The van der Waals surface area contributed by atoms with Crippen molar-refractivity contribution in [3.05, 3.63) is 23.8 Å². The van der Waals surface area contributed by atoms with E-state index in [9.17, 15) is 0 Å². The molecule has 1 rings (SSSR count). The molecule has 114 valence electrons. The van der Waals surface area contributed by atoms with Crippen LogP contribution >= 0.6 is 0 Å². The molecule has 20 heavy (non-hydrogen) atoms. The summed E-state index contributed by atoms with van der Waals surface area (Å²) >= 11 is 0. The normalized spacial score (nSPS) is 12.5. The lowest BCUT2D eigenvalue weighted by Gasteiger charge is -2.23. The van der Waals surface area contributed by atoms with E-state index >= 15 is 0 Å². The highest BCUT2D eigenvalue weighted by Gasteiger charge is 2.13. The van der Waals surface area contributed by atoms with Crippen LogP contribution in [0.4, 0.5) is 0 Å². The number of hydrogen-bond acceptors (Lipinski definition) is 5. The quantitative estimate of drug-likeness (QED) is 0.535. The van der Waals surface area contributed by atoms with Gasteiger partial charge in [-0.3, -0.25) is 11.3 Å². The van der Waals surface area contributed by atoms with Gasteiger partial charge in [-0.05, 0) is 43.8 Å². The van der Waals surface area contributed by atoms with Gasteiger partial charge in [0.05, 0.1) is 14.2 Å². The van der Waals surface area contributed by atoms with E-state index in [-0.39, 0.29) is 6.04 Å². The molecule has 0 amide bonds. The van der Waals surface area contributed by atoms with Crippen molar-refractivity contribution in [1.29, 1.82) is 0 Å². The fraction of sp³-hybridized carbons (Fsp3) is 0.600. The van der Waals surface area contributed by atoms with Crippen molar-refractivity contribution in [2.45, 2.75) is 26.3 Å². The third-order valence-electron chi connectivity index (χ3n) is 3.61. The van der Waals surface area contributed by atoms with Crippen LogP contribution in [0.5, 0.6) is 11.5 Å². The molecule has 0 heterocycles. The lowest BCUT2D eigenvalue weighted by Crippen LogP contribution is -2.32. The molecule has 0 saturated heterocycles. The van der Waals surface area contributed by atoms with Crippen molar-refractivity contribution in [3.8, 4) is 11.5 Å². The van der Waals surface area contributed by atoms with E-state index in [1.54, 1.807) is 14.2 Å². The van der Waals surface area contributed by atoms with Crippen LogP contribution in [0.25, 0.3) is 0 Å². The molecule has 0 fully saturated rings. The summed E-state index contributed by atoms with van der Waals surface area (Å²) in [5.41, 5.74) is 3.97. The van der Waals surface area contributed by atoms with Crippen molar-refractivity contribution in [2.24, 2.45) is 5.84 Å². The SMILES string of the molecule is CCN(CC)CCC(NN)c1cc(OC)cc(OC)c1. The molecule has 0 bridgehead atoms. The summed E-state index contributed by atoms with van der Waals surface area (Å²) in [4.78, 5) is 2.38. The molecule has 5 nitrogen and oxygen atoms in total. The lowest BCUT2D eigenvalue weighted by atomic mass is 10.0. The number of hydrogen-bond donors (Lipinski definition) is 2. The Morgan fingerprint density at radius 2 is 1.65 bits per heavy atom. The summed E-state index contributed by atoms with van der Waals surface area (Å²) in [6, 6.07) is 5.94. The van der Waals surface area contributed by atoms with Gasteiger partial charge >= 0.3 is 0 Å². The molecule has 0 aliphatic carbocycles. The van der Waals surface area contributed by atoms with Crippen LogP contribution in [0, 0.1) is 0 Å². The largest absolute Gasteiger partial charge is 0.497 e. The molecule has 0 saturated carbocycles. The molecule has 0 radical (unpaired) electrons. The third-order valence-corrected chi connectivity index (χ3v) is 3.61. The number of ether oxygens (including phenoxy) is 2. The zero-order valence-electron chi connectivity index (χ0n) is 13.0. The molecule has 3 N–H and O–H groups in total. The standard InChI is InChI=1S/C15H27N3O2/c1-5-18(6-2)8-7-15(17-16)12-9-13(19-3)11-14(10-12)20-4/h9-11,15,17H,5-8,16H2,1-4H3. The Labute approximate surface area is 122 Å². The Morgan fingerprint density at radius 1 is 1.10 bits per heavy atom. The molecule has 0 spiro atoms. The van der Waals surface area contributed by atoms with Gasteiger partial charge < -0.3 is 14.4 Å². The first-order valence-electron chi connectivity index (χ1n) is 7.09. The Hall–Kier alpha value is -1.30. The van der Waals surface area contributed by atoms with Gasteiger partial charge in [-0.25, -0.2) is 0 Å². The second kappa shape index (κ2) is 8.79. The molecule has 1 atom stereocenters. The topological polar surface area (TPSA) is 59.8 Å². The van der Waals surface area contributed by atoms with Gasteiger partial charge in [0.2, 0.25) is 0 Å². The van der Waals surface area contributed by atoms with Crippen LogP contribution in [0.3, 0.4) is 0 Å². The van der Waals surface area contributed by atoms with Crippen LogP contribution < -0.4 is 20.7 Å².